The van der Waals surface area contributed by atoms with E-state index in [0.717, 1.165) is 6.54 Å². The zero-order valence-corrected chi connectivity index (χ0v) is 12.8. The Morgan fingerprint density at radius 2 is 2.19 bits per heavy atom. The van der Waals surface area contributed by atoms with Crippen molar-refractivity contribution in [1.29, 1.82) is 0 Å². The molecule has 0 saturated heterocycles. The Morgan fingerprint density at radius 3 is 2.69 bits per heavy atom. The van der Waals surface area contributed by atoms with Crippen LogP contribution in [0.5, 0.6) is 0 Å². The molecule has 0 aromatic carbocycles. The minimum atomic E-state index is 0.647. The van der Waals surface area contributed by atoms with Crippen molar-refractivity contribution in [3.63, 3.8) is 0 Å². The molecule has 1 N–H and O–H groups in total. The van der Waals surface area contributed by atoms with E-state index in [1.54, 1.807) is 0 Å². The van der Waals surface area contributed by atoms with Crippen molar-refractivity contribution in [2.45, 2.75) is 46.1 Å². The summed E-state index contributed by atoms with van der Waals surface area (Å²) in [6.07, 6.45) is 3.60. The zero-order valence-electron chi connectivity index (χ0n) is 10.4. The van der Waals surface area contributed by atoms with Gasteiger partial charge in [0.25, 0.3) is 0 Å². The molecule has 1 aromatic rings. The van der Waals surface area contributed by atoms with Crippen LogP contribution in [0.1, 0.15) is 38.5 Å². The quantitative estimate of drug-likeness (QED) is 0.784. The Hall–Kier alpha value is 0.140. The van der Waals surface area contributed by atoms with Crippen LogP contribution in [0.25, 0.3) is 0 Å². The van der Waals surface area contributed by atoms with E-state index in [1.807, 2.05) is 11.3 Å². The van der Waals surface area contributed by atoms with Crippen molar-refractivity contribution in [2.75, 3.05) is 6.54 Å². The molecule has 2 unspecified atom stereocenters. The third kappa shape index (κ3) is 4.19. The second-order valence-corrected chi connectivity index (χ2v) is 6.20. The maximum Gasteiger partial charge on any atom is 0.0314 e. The Kier molecular flexibility index (Phi) is 6.62. The molecule has 0 saturated carbocycles. The van der Waals surface area contributed by atoms with Gasteiger partial charge in [-0.2, -0.15) is 0 Å². The third-order valence-electron chi connectivity index (χ3n) is 2.98. The number of hydrogen-bond donors (Lipinski definition) is 1. The average molecular weight is 304 g/mol. The highest BCUT2D eigenvalue weighted by atomic mass is 79.9. The number of nitrogens with one attached hydrogen (secondary N) is 1. The molecule has 1 aromatic heterocycles. The minimum Gasteiger partial charge on any atom is -0.314 e. The van der Waals surface area contributed by atoms with E-state index >= 15 is 0 Å². The van der Waals surface area contributed by atoms with E-state index in [9.17, 15) is 0 Å². The zero-order chi connectivity index (χ0) is 12.0. The van der Waals surface area contributed by atoms with Crippen LogP contribution >= 0.6 is 27.3 Å². The molecule has 16 heavy (non-hydrogen) atoms. The topological polar surface area (TPSA) is 12.0 Å². The highest BCUT2D eigenvalue weighted by Gasteiger charge is 2.16. The van der Waals surface area contributed by atoms with Crippen molar-refractivity contribution < 1.29 is 0 Å². The van der Waals surface area contributed by atoms with Crippen LogP contribution in [-0.2, 0) is 6.42 Å². The van der Waals surface area contributed by atoms with Gasteiger partial charge in [-0.3, -0.25) is 0 Å². The second-order valence-electron chi connectivity index (χ2n) is 4.34. The summed E-state index contributed by atoms with van der Waals surface area (Å²) >= 11 is 5.46. The van der Waals surface area contributed by atoms with Gasteiger partial charge in [0.15, 0.2) is 0 Å². The monoisotopic (exact) mass is 303 g/mol. The summed E-state index contributed by atoms with van der Waals surface area (Å²) in [7, 11) is 0. The molecule has 2 atom stereocenters. The number of hydrogen-bond acceptors (Lipinski definition) is 2. The highest BCUT2D eigenvalue weighted by molar-refractivity contribution is 9.10. The summed E-state index contributed by atoms with van der Waals surface area (Å²) in [5.41, 5.74) is 0. The van der Waals surface area contributed by atoms with Gasteiger partial charge in [0.05, 0.1) is 0 Å². The van der Waals surface area contributed by atoms with E-state index in [1.165, 1.54) is 28.6 Å². The summed E-state index contributed by atoms with van der Waals surface area (Å²) < 4.78 is 1.27. The van der Waals surface area contributed by atoms with Gasteiger partial charge < -0.3 is 5.32 Å². The van der Waals surface area contributed by atoms with Gasteiger partial charge in [-0.1, -0.05) is 20.8 Å². The predicted octanol–water partition coefficient (Wildman–Crippen LogP) is 4.47. The Labute approximate surface area is 112 Å². The van der Waals surface area contributed by atoms with Crippen LogP contribution in [0.15, 0.2) is 15.9 Å². The molecule has 92 valence electrons. The summed E-state index contributed by atoms with van der Waals surface area (Å²) in [5.74, 6) is 0.700. The second kappa shape index (κ2) is 7.46. The van der Waals surface area contributed by atoms with Crippen LogP contribution in [0.2, 0.25) is 0 Å². The lowest BCUT2D eigenvalue weighted by Gasteiger charge is -2.23. The Bertz CT molecular complexity index is 298. The average Bonchev–Trinajstić information content (AvgIpc) is 2.65. The first kappa shape index (κ1) is 14.2. The van der Waals surface area contributed by atoms with Crippen molar-refractivity contribution in [1.82, 2.24) is 5.32 Å². The van der Waals surface area contributed by atoms with Gasteiger partial charge in [0.2, 0.25) is 0 Å². The fraction of sp³-hybridized carbons (Fsp3) is 0.692. The van der Waals surface area contributed by atoms with Gasteiger partial charge in [0.1, 0.15) is 0 Å². The van der Waals surface area contributed by atoms with E-state index in [4.69, 9.17) is 0 Å². The summed E-state index contributed by atoms with van der Waals surface area (Å²) in [5, 5.41) is 5.80. The molecule has 1 nitrogen and oxygen atoms in total. The third-order valence-corrected chi connectivity index (χ3v) is 4.93. The maximum absolute atomic E-state index is 3.64. The van der Waals surface area contributed by atoms with Crippen molar-refractivity contribution >= 4 is 27.3 Å². The SMILES string of the molecule is CCCNC(CC)C(C)Cc1sccc1Br. The van der Waals surface area contributed by atoms with Crippen molar-refractivity contribution in [2.24, 2.45) is 5.92 Å². The van der Waals surface area contributed by atoms with Crippen molar-refractivity contribution in [3.05, 3.63) is 20.8 Å². The molecule has 0 aliphatic carbocycles. The standard InChI is InChI=1S/C13H22BrNS/c1-4-7-15-12(5-2)10(3)9-13-11(14)6-8-16-13/h6,8,10,12,15H,4-5,7,9H2,1-3H3. The first-order valence-electron chi connectivity index (χ1n) is 6.14. The van der Waals surface area contributed by atoms with Gasteiger partial charge in [-0.25, -0.2) is 0 Å². The number of thiophene rings is 1. The molecule has 0 aliphatic heterocycles. The van der Waals surface area contributed by atoms with Gasteiger partial charge in [-0.15, -0.1) is 11.3 Å². The first-order valence-corrected chi connectivity index (χ1v) is 7.81. The minimum absolute atomic E-state index is 0.647. The first-order chi connectivity index (χ1) is 7.69. The normalized spacial score (nSPS) is 15.0. The van der Waals surface area contributed by atoms with E-state index < -0.39 is 0 Å². The van der Waals surface area contributed by atoms with Crippen molar-refractivity contribution in [3.8, 4) is 0 Å². The molecule has 0 fully saturated rings. The highest BCUT2D eigenvalue weighted by Crippen LogP contribution is 2.26. The lowest BCUT2D eigenvalue weighted by atomic mass is 9.95. The number of rotatable bonds is 7. The van der Waals surface area contributed by atoms with Crippen LogP contribution in [0.4, 0.5) is 0 Å². The molecular weight excluding hydrogens is 282 g/mol. The van der Waals surface area contributed by atoms with Crippen LogP contribution in [0.3, 0.4) is 0 Å². The van der Waals surface area contributed by atoms with Gasteiger partial charge >= 0.3 is 0 Å². The molecule has 0 radical (unpaired) electrons. The fourth-order valence-corrected chi connectivity index (χ4v) is 3.64. The predicted molar refractivity (Wildman–Crippen MR) is 77.3 cm³/mol. The van der Waals surface area contributed by atoms with Gasteiger partial charge in [0, 0.05) is 15.4 Å². The smallest absolute Gasteiger partial charge is 0.0314 e. The molecule has 1 rings (SSSR count). The van der Waals surface area contributed by atoms with Gasteiger partial charge in [-0.05, 0) is 59.1 Å². The van der Waals surface area contributed by atoms with Crippen LogP contribution < -0.4 is 5.32 Å². The Balaban J connectivity index is 2.49. The molecule has 3 heteroatoms. The molecule has 0 aliphatic rings. The lowest BCUT2D eigenvalue weighted by molar-refractivity contribution is 0.366. The summed E-state index contributed by atoms with van der Waals surface area (Å²) in [6.45, 7) is 7.98. The molecule has 0 spiro atoms. The molecule has 0 amide bonds. The number of halogens is 1. The van der Waals surface area contributed by atoms with Crippen LogP contribution in [-0.4, -0.2) is 12.6 Å². The van der Waals surface area contributed by atoms with Crippen LogP contribution in [0, 0.1) is 5.92 Å². The Morgan fingerprint density at radius 1 is 1.44 bits per heavy atom. The molecule has 0 bridgehead atoms. The molecule has 1 heterocycles. The van der Waals surface area contributed by atoms with E-state index in [0.29, 0.717) is 12.0 Å². The largest absolute Gasteiger partial charge is 0.314 e. The van der Waals surface area contributed by atoms with E-state index in [2.05, 4.69) is 53.5 Å². The summed E-state index contributed by atoms with van der Waals surface area (Å²) in [4.78, 5) is 1.48. The summed E-state index contributed by atoms with van der Waals surface area (Å²) in [6, 6.07) is 2.79. The molecular formula is C13H22BrNS. The maximum atomic E-state index is 3.64. The fourth-order valence-electron chi connectivity index (χ4n) is 1.98. The lowest BCUT2D eigenvalue weighted by Crippen LogP contribution is -2.35. The van der Waals surface area contributed by atoms with E-state index in [-0.39, 0.29) is 0 Å².